The van der Waals surface area contributed by atoms with E-state index in [0.29, 0.717) is 25.4 Å². The number of ether oxygens (including phenoxy) is 1. The maximum Gasteiger partial charge on any atom is 0.216 e. The first-order valence-corrected chi connectivity index (χ1v) is 9.63. The standard InChI is InChI=1S/C14H27N5O3S/c1-4-6-17(2)14-11-19(23(20,21)12-14)10-13-9-18(16-15-13)7-5-8-22-3/h9,14H,4-8,10-12H2,1-3H3. The average Bonchev–Trinajstić information content (AvgIpc) is 3.05. The molecule has 132 valence electrons. The predicted molar refractivity (Wildman–Crippen MR) is 87.4 cm³/mol. The molecule has 1 unspecified atom stereocenters. The van der Waals surface area contributed by atoms with Crippen molar-refractivity contribution in [2.45, 2.75) is 38.9 Å². The second-order valence-corrected chi connectivity index (χ2v) is 8.04. The third-order valence-electron chi connectivity index (χ3n) is 4.07. The van der Waals surface area contributed by atoms with Crippen LogP contribution in [0.15, 0.2) is 6.20 Å². The number of rotatable bonds is 9. The van der Waals surface area contributed by atoms with Crippen LogP contribution in [0.5, 0.6) is 0 Å². The van der Waals surface area contributed by atoms with E-state index in [4.69, 9.17) is 4.74 Å². The van der Waals surface area contributed by atoms with Gasteiger partial charge in [-0.3, -0.25) is 4.68 Å². The number of likely N-dealkylation sites (N-methyl/N-ethyl adjacent to an activating group) is 1. The zero-order chi connectivity index (χ0) is 16.9. The van der Waals surface area contributed by atoms with Gasteiger partial charge in [0.15, 0.2) is 0 Å². The summed E-state index contributed by atoms with van der Waals surface area (Å²) in [6.07, 6.45) is 3.68. The highest BCUT2D eigenvalue weighted by Crippen LogP contribution is 2.20. The van der Waals surface area contributed by atoms with Gasteiger partial charge in [-0.25, -0.2) is 8.42 Å². The number of hydrogen-bond acceptors (Lipinski definition) is 6. The molecule has 0 amide bonds. The van der Waals surface area contributed by atoms with Crippen molar-refractivity contribution in [1.82, 2.24) is 24.2 Å². The van der Waals surface area contributed by atoms with Gasteiger partial charge < -0.3 is 9.64 Å². The lowest BCUT2D eigenvalue weighted by Gasteiger charge is -2.22. The van der Waals surface area contributed by atoms with Crippen LogP contribution in [0.2, 0.25) is 0 Å². The van der Waals surface area contributed by atoms with Crippen LogP contribution in [0.4, 0.5) is 0 Å². The lowest BCUT2D eigenvalue weighted by molar-refractivity contribution is 0.188. The highest BCUT2D eigenvalue weighted by atomic mass is 32.2. The van der Waals surface area contributed by atoms with Crippen molar-refractivity contribution >= 4 is 10.0 Å². The Balaban J connectivity index is 1.94. The molecular formula is C14H27N5O3S. The largest absolute Gasteiger partial charge is 0.385 e. The molecule has 1 fully saturated rings. The normalized spacial score (nSPS) is 21.3. The van der Waals surface area contributed by atoms with Gasteiger partial charge in [0.05, 0.1) is 18.0 Å². The molecule has 1 aliphatic rings. The topological polar surface area (TPSA) is 80.6 Å². The van der Waals surface area contributed by atoms with Crippen LogP contribution >= 0.6 is 0 Å². The Morgan fingerprint density at radius 1 is 1.48 bits per heavy atom. The zero-order valence-corrected chi connectivity index (χ0v) is 15.0. The molecule has 0 aliphatic carbocycles. The van der Waals surface area contributed by atoms with E-state index in [-0.39, 0.29) is 11.8 Å². The van der Waals surface area contributed by atoms with E-state index in [0.717, 1.165) is 25.9 Å². The first-order valence-electron chi connectivity index (χ1n) is 8.02. The maximum absolute atomic E-state index is 12.3. The fourth-order valence-corrected chi connectivity index (χ4v) is 4.57. The Labute approximate surface area is 138 Å². The van der Waals surface area contributed by atoms with Crippen LogP contribution in [0, 0.1) is 0 Å². The van der Waals surface area contributed by atoms with E-state index in [9.17, 15) is 8.42 Å². The Morgan fingerprint density at radius 3 is 2.96 bits per heavy atom. The minimum atomic E-state index is -3.21. The smallest absolute Gasteiger partial charge is 0.216 e. The number of methoxy groups -OCH3 is 1. The molecule has 0 radical (unpaired) electrons. The Morgan fingerprint density at radius 2 is 2.26 bits per heavy atom. The van der Waals surface area contributed by atoms with Crippen molar-refractivity contribution in [2.75, 3.05) is 39.6 Å². The lowest BCUT2D eigenvalue weighted by atomic mass is 10.2. The molecule has 1 saturated heterocycles. The van der Waals surface area contributed by atoms with Crippen molar-refractivity contribution < 1.29 is 13.2 Å². The number of nitrogens with zero attached hydrogens (tertiary/aromatic N) is 5. The monoisotopic (exact) mass is 345 g/mol. The summed E-state index contributed by atoms with van der Waals surface area (Å²) in [6, 6.07) is 0.0525. The van der Waals surface area contributed by atoms with E-state index >= 15 is 0 Å². The number of aromatic nitrogens is 3. The van der Waals surface area contributed by atoms with E-state index in [1.165, 1.54) is 4.31 Å². The summed E-state index contributed by atoms with van der Waals surface area (Å²) in [5.74, 6) is 0.186. The molecule has 8 nitrogen and oxygen atoms in total. The van der Waals surface area contributed by atoms with Crippen molar-refractivity contribution in [2.24, 2.45) is 0 Å². The molecule has 0 aromatic carbocycles. The van der Waals surface area contributed by atoms with Crippen molar-refractivity contribution in [3.05, 3.63) is 11.9 Å². The highest BCUT2D eigenvalue weighted by molar-refractivity contribution is 7.89. The summed E-state index contributed by atoms with van der Waals surface area (Å²) < 4.78 is 32.9. The predicted octanol–water partition coefficient (Wildman–Crippen LogP) is 0.170. The summed E-state index contributed by atoms with van der Waals surface area (Å²) in [4.78, 5) is 2.12. The molecule has 1 atom stereocenters. The second-order valence-electron chi connectivity index (χ2n) is 6.02. The molecule has 23 heavy (non-hydrogen) atoms. The summed E-state index contributed by atoms with van der Waals surface area (Å²) in [6.45, 7) is 5.21. The Bertz CT molecular complexity index is 589. The van der Waals surface area contributed by atoms with Gasteiger partial charge in [-0.05, 0) is 26.4 Å². The molecule has 1 aromatic rings. The molecule has 9 heteroatoms. The SMILES string of the molecule is CCCN(C)C1CN(Cc2cn(CCCOC)nn2)S(=O)(=O)C1. The van der Waals surface area contributed by atoms with Crippen LogP contribution in [0.25, 0.3) is 0 Å². The second kappa shape index (κ2) is 8.18. The van der Waals surface area contributed by atoms with E-state index < -0.39 is 10.0 Å². The molecular weight excluding hydrogens is 318 g/mol. The van der Waals surface area contributed by atoms with E-state index in [1.807, 2.05) is 13.2 Å². The van der Waals surface area contributed by atoms with Gasteiger partial charge in [-0.1, -0.05) is 12.1 Å². The van der Waals surface area contributed by atoms with Crippen molar-refractivity contribution in [3.8, 4) is 0 Å². The summed E-state index contributed by atoms with van der Waals surface area (Å²) in [5.41, 5.74) is 0.685. The van der Waals surface area contributed by atoms with Gasteiger partial charge in [-0.2, -0.15) is 4.31 Å². The Kier molecular flexibility index (Phi) is 6.51. The summed E-state index contributed by atoms with van der Waals surface area (Å²) in [5, 5.41) is 8.12. The van der Waals surface area contributed by atoms with Gasteiger partial charge in [0.1, 0.15) is 0 Å². The molecule has 1 aliphatic heterocycles. The van der Waals surface area contributed by atoms with Gasteiger partial charge in [-0.15, -0.1) is 5.10 Å². The van der Waals surface area contributed by atoms with Gasteiger partial charge in [0, 0.05) is 39.0 Å². The molecule has 1 aromatic heterocycles. The Hall–Kier alpha value is -1.03. The fourth-order valence-electron chi connectivity index (χ4n) is 2.79. The van der Waals surface area contributed by atoms with Crippen molar-refractivity contribution in [3.63, 3.8) is 0 Å². The molecule has 0 N–H and O–H groups in total. The summed E-state index contributed by atoms with van der Waals surface area (Å²) in [7, 11) is 0.434. The average molecular weight is 345 g/mol. The first kappa shape index (κ1) is 18.3. The van der Waals surface area contributed by atoms with Crippen LogP contribution in [-0.2, 0) is 27.8 Å². The molecule has 2 rings (SSSR count). The van der Waals surface area contributed by atoms with E-state index in [1.54, 1.807) is 11.8 Å². The first-order chi connectivity index (χ1) is 11.0. The maximum atomic E-state index is 12.3. The zero-order valence-electron chi connectivity index (χ0n) is 14.2. The van der Waals surface area contributed by atoms with Crippen LogP contribution in [-0.4, -0.2) is 78.3 Å². The van der Waals surface area contributed by atoms with Crippen LogP contribution in [0.1, 0.15) is 25.5 Å². The van der Waals surface area contributed by atoms with Gasteiger partial charge in [0.25, 0.3) is 0 Å². The van der Waals surface area contributed by atoms with Crippen LogP contribution in [0.3, 0.4) is 0 Å². The quantitative estimate of drug-likeness (QED) is 0.594. The van der Waals surface area contributed by atoms with Crippen LogP contribution < -0.4 is 0 Å². The summed E-state index contributed by atoms with van der Waals surface area (Å²) >= 11 is 0. The van der Waals surface area contributed by atoms with Gasteiger partial charge >= 0.3 is 0 Å². The van der Waals surface area contributed by atoms with Crippen molar-refractivity contribution in [1.29, 1.82) is 0 Å². The number of aryl methyl sites for hydroxylation is 1. The number of hydrogen-bond donors (Lipinski definition) is 0. The number of sulfonamides is 1. The highest BCUT2D eigenvalue weighted by Gasteiger charge is 2.38. The molecule has 2 heterocycles. The third-order valence-corrected chi connectivity index (χ3v) is 5.94. The fraction of sp³-hybridized carbons (Fsp3) is 0.857. The van der Waals surface area contributed by atoms with Gasteiger partial charge in [0.2, 0.25) is 10.0 Å². The molecule has 0 spiro atoms. The lowest BCUT2D eigenvalue weighted by Crippen LogP contribution is -2.36. The third kappa shape index (κ3) is 4.97. The molecule has 0 saturated carbocycles. The molecule has 0 bridgehead atoms. The van der Waals surface area contributed by atoms with E-state index in [2.05, 4.69) is 22.1 Å². The minimum Gasteiger partial charge on any atom is -0.385 e. The minimum absolute atomic E-state index is 0.0525.